The second-order valence-electron chi connectivity index (χ2n) is 13.0. The largest absolute Gasteiger partial charge is 0.462 e. The highest BCUT2D eigenvalue weighted by Gasteiger charge is 2.79. The van der Waals surface area contributed by atoms with E-state index in [4.69, 9.17) is 18.9 Å². The molecule has 0 bridgehead atoms. The van der Waals surface area contributed by atoms with Gasteiger partial charge in [-0.3, -0.25) is 9.59 Å². The molecule has 3 aliphatic carbocycles. The van der Waals surface area contributed by atoms with E-state index >= 15 is 0 Å². The third-order valence-electron chi connectivity index (χ3n) is 10.3. The van der Waals surface area contributed by atoms with Gasteiger partial charge < -0.3 is 39.4 Å². The highest BCUT2D eigenvalue weighted by molar-refractivity contribution is 5.89. The lowest BCUT2D eigenvalue weighted by Crippen LogP contribution is -2.79. The summed E-state index contributed by atoms with van der Waals surface area (Å²) in [7, 11) is 0. The van der Waals surface area contributed by atoms with Crippen LogP contribution in [-0.4, -0.2) is 92.8 Å². The Kier molecular flexibility index (Phi) is 7.38. The fraction of sp³-hybridized carbons (Fsp3) is 0.645. The zero-order chi connectivity index (χ0) is 31.0. The molecule has 4 N–H and O–H groups in total. The van der Waals surface area contributed by atoms with Crippen molar-refractivity contribution in [2.45, 2.75) is 102 Å². The normalized spacial score (nSPS) is 41.0. The fourth-order valence-corrected chi connectivity index (χ4v) is 8.36. The van der Waals surface area contributed by atoms with Crippen molar-refractivity contribution >= 4 is 17.9 Å². The molecule has 1 aromatic carbocycles. The first-order valence-corrected chi connectivity index (χ1v) is 14.2. The molecule has 3 fully saturated rings. The topological polar surface area (TPSA) is 169 Å². The van der Waals surface area contributed by atoms with Gasteiger partial charge in [0.15, 0.2) is 5.60 Å². The van der Waals surface area contributed by atoms with Crippen LogP contribution < -0.4 is 0 Å². The molecular formula is C31H40O11. The summed E-state index contributed by atoms with van der Waals surface area (Å²) in [4.78, 5) is 38.9. The van der Waals surface area contributed by atoms with Crippen molar-refractivity contribution < 1.29 is 53.8 Å². The van der Waals surface area contributed by atoms with Gasteiger partial charge in [0, 0.05) is 25.7 Å². The van der Waals surface area contributed by atoms with E-state index in [1.165, 1.54) is 27.7 Å². The van der Waals surface area contributed by atoms with Gasteiger partial charge in [-0.2, -0.15) is 0 Å². The number of aliphatic hydroxyl groups is 4. The van der Waals surface area contributed by atoms with Crippen LogP contribution in [0.1, 0.15) is 64.7 Å². The smallest absolute Gasteiger partial charge is 0.338 e. The summed E-state index contributed by atoms with van der Waals surface area (Å²) in [6.45, 7) is 8.50. The number of aliphatic hydroxyl groups excluding tert-OH is 3. The second-order valence-corrected chi connectivity index (χ2v) is 13.0. The van der Waals surface area contributed by atoms with E-state index in [2.05, 4.69) is 0 Å². The molecule has 0 spiro atoms. The maximum absolute atomic E-state index is 13.8. The number of fused-ring (bicyclic) bond motifs is 4. The molecule has 1 heterocycles. The maximum atomic E-state index is 13.8. The number of hydrogen-bond acceptors (Lipinski definition) is 11. The van der Waals surface area contributed by atoms with E-state index < -0.39 is 82.5 Å². The summed E-state index contributed by atoms with van der Waals surface area (Å²) >= 11 is 0. The number of rotatable bonds is 5. The predicted octanol–water partition coefficient (Wildman–Crippen LogP) is 1.44. The molecule has 11 heteroatoms. The molecule has 5 rings (SSSR count). The van der Waals surface area contributed by atoms with Crippen molar-refractivity contribution in [2.75, 3.05) is 6.61 Å². The molecular weight excluding hydrogens is 548 g/mol. The van der Waals surface area contributed by atoms with Crippen molar-refractivity contribution in [1.82, 2.24) is 0 Å². The third-order valence-corrected chi connectivity index (χ3v) is 10.3. The Labute approximate surface area is 244 Å². The molecule has 0 radical (unpaired) electrons. The molecule has 10 atom stereocenters. The summed E-state index contributed by atoms with van der Waals surface area (Å²) in [6, 6.07) is 8.18. The number of ether oxygens (including phenoxy) is 4. The summed E-state index contributed by atoms with van der Waals surface area (Å²) in [6.07, 6.45) is -7.93. The van der Waals surface area contributed by atoms with E-state index in [1.54, 1.807) is 44.2 Å². The lowest BCUT2D eigenvalue weighted by molar-refractivity contribution is -0.351. The van der Waals surface area contributed by atoms with Crippen LogP contribution in [-0.2, 0) is 28.5 Å². The first-order chi connectivity index (χ1) is 19.5. The van der Waals surface area contributed by atoms with Crippen LogP contribution in [0.15, 0.2) is 41.5 Å². The van der Waals surface area contributed by atoms with Crippen molar-refractivity contribution in [3.8, 4) is 0 Å². The Morgan fingerprint density at radius 2 is 1.67 bits per heavy atom. The average Bonchev–Trinajstić information content (AvgIpc) is 3.15. The minimum Gasteiger partial charge on any atom is -0.462 e. The molecule has 230 valence electrons. The lowest BCUT2D eigenvalue weighted by atomic mass is 9.49. The van der Waals surface area contributed by atoms with E-state index in [-0.39, 0.29) is 30.6 Å². The fourth-order valence-electron chi connectivity index (χ4n) is 8.36. The quantitative estimate of drug-likeness (QED) is 0.223. The van der Waals surface area contributed by atoms with Crippen LogP contribution in [0.4, 0.5) is 0 Å². The summed E-state index contributed by atoms with van der Waals surface area (Å²) < 4.78 is 24.1. The van der Waals surface area contributed by atoms with Gasteiger partial charge in [-0.05, 0) is 50.5 Å². The molecule has 1 saturated heterocycles. The standard InChI is InChI=1S/C31H40O11/c1-15-19(34)13-30(28(4,5)38)22(15)23(35)25(36)29(6)20(40-16(2)32)12-21-31(14-39-21,42-17(3)33)24(29)26(30)41-27(37)18-10-8-7-9-11-18/h7-11,19-21,23-26,34-36,38H,12-14H2,1-6H3. The number of carbonyl (C=O) groups is 3. The Bertz CT molecular complexity index is 1300. The molecule has 42 heavy (non-hydrogen) atoms. The molecule has 0 aromatic heterocycles. The first kappa shape index (κ1) is 30.6. The third kappa shape index (κ3) is 4.16. The Hall–Kier alpha value is -2.83. The van der Waals surface area contributed by atoms with Crippen molar-refractivity contribution in [3.05, 3.63) is 47.0 Å². The van der Waals surface area contributed by atoms with E-state index in [0.29, 0.717) is 5.57 Å². The summed E-state index contributed by atoms with van der Waals surface area (Å²) in [5.41, 5.74) is -5.87. The van der Waals surface area contributed by atoms with E-state index in [9.17, 15) is 34.8 Å². The van der Waals surface area contributed by atoms with Gasteiger partial charge in [0.25, 0.3) is 0 Å². The molecule has 0 amide bonds. The summed E-state index contributed by atoms with van der Waals surface area (Å²) in [5.74, 6) is -3.24. The lowest BCUT2D eigenvalue weighted by Gasteiger charge is -2.65. The van der Waals surface area contributed by atoms with Crippen LogP contribution in [0.2, 0.25) is 0 Å². The predicted molar refractivity (Wildman–Crippen MR) is 146 cm³/mol. The molecule has 4 aliphatic rings. The number of hydrogen-bond donors (Lipinski definition) is 4. The molecule has 2 saturated carbocycles. The van der Waals surface area contributed by atoms with Crippen molar-refractivity contribution in [2.24, 2.45) is 16.7 Å². The van der Waals surface area contributed by atoms with Gasteiger partial charge in [-0.25, -0.2) is 4.79 Å². The minimum atomic E-state index is -1.76. The molecule has 10 unspecified atom stereocenters. The highest BCUT2D eigenvalue weighted by Crippen LogP contribution is 2.68. The second kappa shape index (κ2) is 10.1. The Morgan fingerprint density at radius 3 is 2.19 bits per heavy atom. The van der Waals surface area contributed by atoms with Gasteiger partial charge >= 0.3 is 17.9 Å². The van der Waals surface area contributed by atoms with E-state index in [0.717, 1.165) is 0 Å². The van der Waals surface area contributed by atoms with Gasteiger partial charge in [0.2, 0.25) is 0 Å². The number of esters is 3. The van der Waals surface area contributed by atoms with Gasteiger partial charge in [-0.15, -0.1) is 0 Å². The Morgan fingerprint density at radius 1 is 1.02 bits per heavy atom. The zero-order valence-electron chi connectivity index (χ0n) is 24.7. The van der Waals surface area contributed by atoms with Gasteiger partial charge in [0.1, 0.15) is 24.4 Å². The molecule has 11 nitrogen and oxygen atoms in total. The Balaban J connectivity index is 1.85. The van der Waals surface area contributed by atoms with Crippen LogP contribution in [0.3, 0.4) is 0 Å². The minimum absolute atomic E-state index is 0.0269. The maximum Gasteiger partial charge on any atom is 0.338 e. The average molecular weight is 589 g/mol. The highest BCUT2D eigenvalue weighted by atomic mass is 16.6. The van der Waals surface area contributed by atoms with Crippen molar-refractivity contribution in [3.63, 3.8) is 0 Å². The molecule has 1 aromatic rings. The zero-order valence-corrected chi connectivity index (χ0v) is 24.7. The first-order valence-electron chi connectivity index (χ1n) is 14.2. The van der Waals surface area contributed by atoms with Gasteiger partial charge in [-0.1, -0.05) is 25.1 Å². The van der Waals surface area contributed by atoms with Crippen LogP contribution in [0.25, 0.3) is 0 Å². The van der Waals surface area contributed by atoms with Crippen LogP contribution >= 0.6 is 0 Å². The summed E-state index contributed by atoms with van der Waals surface area (Å²) in [5, 5.41) is 47.3. The van der Waals surface area contributed by atoms with Crippen LogP contribution in [0, 0.1) is 16.7 Å². The SMILES string of the molecule is CC(=O)OC1CC2OCC2(OC(C)=O)C2C(OC(=O)c3ccccc3)C3(C(C)(C)O)CC(O)C(C)=C3C(O)C(O)C12C. The van der Waals surface area contributed by atoms with E-state index in [1.807, 2.05) is 0 Å². The van der Waals surface area contributed by atoms with Crippen molar-refractivity contribution in [1.29, 1.82) is 0 Å². The van der Waals surface area contributed by atoms with Crippen LogP contribution in [0.5, 0.6) is 0 Å². The molecule has 1 aliphatic heterocycles. The number of carbonyl (C=O) groups excluding carboxylic acids is 3. The monoisotopic (exact) mass is 588 g/mol. The van der Waals surface area contributed by atoms with Gasteiger partial charge in [0.05, 0.1) is 41.3 Å². The number of benzene rings is 1.